The predicted molar refractivity (Wildman–Crippen MR) is 80.8 cm³/mol. The summed E-state index contributed by atoms with van der Waals surface area (Å²) < 4.78 is 0. The average molecular weight is 273 g/mol. The van der Waals surface area contributed by atoms with Gasteiger partial charge in [0.15, 0.2) is 0 Å². The zero-order valence-electron chi connectivity index (χ0n) is 11.2. The predicted octanol–water partition coefficient (Wildman–Crippen LogP) is 2.90. The van der Waals surface area contributed by atoms with Gasteiger partial charge in [0.1, 0.15) is 5.01 Å². The largest absolute Gasteiger partial charge is 0.364 e. The molecular formula is C15H19N3S. The minimum Gasteiger partial charge on any atom is -0.364 e. The molecule has 2 heterocycles. The van der Waals surface area contributed by atoms with Gasteiger partial charge < -0.3 is 10.6 Å². The van der Waals surface area contributed by atoms with Gasteiger partial charge in [-0.2, -0.15) is 0 Å². The summed E-state index contributed by atoms with van der Waals surface area (Å²) >= 11 is 1.75. The van der Waals surface area contributed by atoms with Gasteiger partial charge >= 0.3 is 0 Å². The number of benzene rings is 1. The van der Waals surface area contributed by atoms with Gasteiger partial charge in [-0.25, -0.2) is 4.98 Å². The molecule has 1 aromatic carbocycles. The van der Waals surface area contributed by atoms with Crippen LogP contribution in [0.15, 0.2) is 29.6 Å². The maximum absolute atomic E-state index is 5.74. The zero-order valence-corrected chi connectivity index (χ0v) is 12.0. The van der Waals surface area contributed by atoms with E-state index in [0.717, 1.165) is 31.7 Å². The summed E-state index contributed by atoms with van der Waals surface area (Å²) in [6.07, 6.45) is 1.06. The molecule has 100 valence electrons. The van der Waals surface area contributed by atoms with Crippen molar-refractivity contribution >= 4 is 17.0 Å². The first-order valence-corrected chi connectivity index (χ1v) is 7.61. The highest BCUT2D eigenvalue weighted by atomic mass is 32.1. The molecule has 0 saturated carbocycles. The van der Waals surface area contributed by atoms with Gasteiger partial charge in [-0.15, -0.1) is 11.3 Å². The standard InChI is InChI=1S/C15H19N3S/c1-11-10-19-15(17-11)9-18-8-12(6-7-16)13-4-2-3-5-14(13)18/h2-5,10,12H,6-9,16H2,1H3. The number of aromatic nitrogens is 1. The highest BCUT2D eigenvalue weighted by molar-refractivity contribution is 7.09. The Bertz CT molecular complexity index is 564. The molecule has 0 amide bonds. The normalized spacial score (nSPS) is 17.8. The van der Waals surface area contributed by atoms with E-state index in [0.29, 0.717) is 5.92 Å². The van der Waals surface area contributed by atoms with Gasteiger partial charge in [0.05, 0.1) is 6.54 Å². The van der Waals surface area contributed by atoms with Crippen LogP contribution in [0, 0.1) is 6.92 Å². The van der Waals surface area contributed by atoms with Gasteiger partial charge in [-0.05, 0) is 31.5 Å². The van der Waals surface area contributed by atoms with E-state index in [9.17, 15) is 0 Å². The molecule has 1 aromatic heterocycles. The van der Waals surface area contributed by atoms with Crippen molar-refractivity contribution in [1.82, 2.24) is 4.98 Å². The van der Waals surface area contributed by atoms with Crippen LogP contribution in [0.4, 0.5) is 5.69 Å². The molecule has 1 aliphatic heterocycles. The van der Waals surface area contributed by atoms with Crippen molar-refractivity contribution in [2.75, 3.05) is 18.0 Å². The third-order valence-electron chi connectivity index (χ3n) is 3.67. The lowest BCUT2D eigenvalue weighted by molar-refractivity contribution is 0.643. The molecular weight excluding hydrogens is 254 g/mol. The topological polar surface area (TPSA) is 42.1 Å². The lowest BCUT2D eigenvalue weighted by Crippen LogP contribution is -2.22. The number of nitrogens with two attached hydrogens (primary N) is 1. The van der Waals surface area contributed by atoms with E-state index in [4.69, 9.17) is 5.73 Å². The van der Waals surface area contributed by atoms with Crippen LogP contribution in [-0.2, 0) is 6.54 Å². The molecule has 0 fully saturated rings. The van der Waals surface area contributed by atoms with Crippen LogP contribution in [0.3, 0.4) is 0 Å². The second kappa shape index (κ2) is 5.31. The van der Waals surface area contributed by atoms with Crippen LogP contribution in [-0.4, -0.2) is 18.1 Å². The monoisotopic (exact) mass is 273 g/mol. The highest BCUT2D eigenvalue weighted by Gasteiger charge is 2.27. The molecule has 0 saturated heterocycles. The maximum atomic E-state index is 5.74. The second-order valence-corrected chi connectivity index (χ2v) is 6.04. The Balaban J connectivity index is 1.84. The van der Waals surface area contributed by atoms with Crippen LogP contribution in [0.25, 0.3) is 0 Å². The zero-order chi connectivity index (χ0) is 13.2. The molecule has 0 aliphatic carbocycles. The molecule has 0 radical (unpaired) electrons. The lowest BCUT2D eigenvalue weighted by Gasteiger charge is -2.18. The van der Waals surface area contributed by atoms with Crippen molar-refractivity contribution in [3.63, 3.8) is 0 Å². The Labute approximate surface area is 118 Å². The fourth-order valence-electron chi connectivity index (χ4n) is 2.82. The number of nitrogens with zero attached hydrogens (tertiary/aromatic N) is 2. The number of para-hydroxylation sites is 1. The highest BCUT2D eigenvalue weighted by Crippen LogP contribution is 2.38. The van der Waals surface area contributed by atoms with E-state index in [2.05, 4.69) is 46.5 Å². The fourth-order valence-corrected chi connectivity index (χ4v) is 3.61. The van der Waals surface area contributed by atoms with E-state index in [1.165, 1.54) is 16.3 Å². The molecule has 19 heavy (non-hydrogen) atoms. The molecule has 1 unspecified atom stereocenters. The Morgan fingerprint density at radius 1 is 1.42 bits per heavy atom. The molecule has 2 N–H and O–H groups in total. The minimum absolute atomic E-state index is 0.572. The van der Waals surface area contributed by atoms with Gasteiger partial charge in [-0.1, -0.05) is 18.2 Å². The molecule has 1 aliphatic rings. The number of hydrogen-bond acceptors (Lipinski definition) is 4. The number of anilines is 1. The quantitative estimate of drug-likeness (QED) is 0.931. The summed E-state index contributed by atoms with van der Waals surface area (Å²) in [4.78, 5) is 7.01. The van der Waals surface area contributed by atoms with E-state index in [-0.39, 0.29) is 0 Å². The van der Waals surface area contributed by atoms with Crippen LogP contribution in [0.5, 0.6) is 0 Å². The van der Waals surface area contributed by atoms with Crippen molar-refractivity contribution in [3.8, 4) is 0 Å². The number of fused-ring (bicyclic) bond motifs is 1. The summed E-state index contributed by atoms with van der Waals surface area (Å²) in [7, 11) is 0. The number of rotatable bonds is 4. The molecule has 3 rings (SSSR count). The third kappa shape index (κ3) is 2.51. The van der Waals surface area contributed by atoms with Crippen LogP contribution >= 0.6 is 11.3 Å². The van der Waals surface area contributed by atoms with E-state index < -0.39 is 0 Å². The van der Waals surface area contributed by atoms with Gasteiger partial charge in [0, 0.05) is 29.2 Å². The van der Waals surface area contributed by atoms with Gasteiger partial charge in [0.2, 0.25) is 0 Å². The van der Waals surface area contributed by atoms with Gasteiger partial charge in [-0.3, -0.25) is 0 Å². The van der Waals surface area contributed by atoms with Crippen molar-refractivity contribution in [3.05, 3.63) is 45.9 Å². The van der Waals surface area contributed by atoms with E-state index in [1.54, 1.807) is 11.3 Å². The molecule has 3 nitrogen and oxygen atoms in total. The summed E-state index contributed by atoms with van der Waals surface area (Å²) in [6.45, 7) is 4.78. The molecule has 1 atom stereocenters. The minimum atomic E-state index is 0.572. The summed E-state index contributed by atoms with van der Waals surface area (Å²) in [5.74, 6) is 0.572. The smallest absolute Gasteiger partial charge is 0.112 e. The maximum Gasteiger partial charge on any atom is 0.112 e. The molecule has 0 bridgehead atoms. The number of hydrogen-bond donors (Lipinski definition) is 1. The van der Waals surface area contributed by atoms with Crippen LogP contribution < -0.4 is 10.6 Å². The Morgan fingerprint density at radius 2 is 2.26 bits per heavy atom. The Hall–Kier alpha value is -1.39. The SMILES string of the molecule is Cc1csc(CN2CC(CCN)c3ccccc32)n1. The fraction of sp³-hybridized carbons (Fsp3) is 0.400. The first-order valence-electron chi connectivity index (χ1n) is 6.73. The summed E-state index contributed by atoms with van der Waals surface area (Å²) in [5, 5.41) is 3.31. The first-order chi connectivity index (χ1) is 9.28. The molecule has 4 heteroatoms. The third-order valence-corrected chi connectivity index (χ3v) is 4.62. The summed E-state index contributed by atoms with van der Waals surface area (Å²) in [6, 6.07) is 8.69. The van der Waals surface area contributed by atoms with Crippen molar-refractivity contribution in [2.45, 2.75) is 25.8 Å². The summed E-state index contributed by atoms with van der Waals surface area (Å²) in [5.41, 5.74) is 9.66. The Kier molecular flexibility index (Phi) is 3.53. The van der Waals surface area contributed by atoms with Gasteiger partial charge in [0.25, 0.3) is 0 Å². The van der Waals surface area contributed by atoms with E-state index in [1.807, 2.05) is 0 Å². The van der Waals surface area contributed by atoms with E-state index >= 15 is 0 Å². The lowest BCUT2D eigenvalue weighted by atomic mass is 9.98. The first kappa shape index (κ1) is 12.6. The molecule has 0 spiro atoms. The van der Waals surface area contributed by atoms with Crippen molar-refractivity contribution in [2.24, 2.45) is 5.73 Å². The number of aryl methyl sites for hydroxylation is 1. The van der Waals surface area contributed by atoms with Crippen molar-refractivity contribution < 1.29 is 0 Å². The number of thiazole rings is 1. The Morgan fingerprint density at radius 3 is 3.00 bits per heavy atom. The molecule has 2 aromatic rings. The van der Waals surface area contributed by atoms with Crippen molar-refractivity contribution in [1.29, 1.82) is 0 Å². The average Bonchev–Trinajstić information content (AvgIpc) is 2.97. The van der Waals surface area contributed by atoms with Crippen LogP contribution in [0.2, 0.25) is 0 Å². The second-order valence-electron chi connectivity index (χ2n) is 5.10. The van der Waals surface area contributed by atoms with Crippen LogP contribution in [0.1, 0.15) is 28.6 Å².